The van der Waals surface area contributed by atoms with Gasteiger partial charge in [-0.15, -0.1) is 0 Å². The zero-order valence-electron chi connectivity index (χ0n) is 38.6. The third kappa shape index (κ3) is 32.0. The topological polar surface area (TPSA) is 149 Å². The van der Waals surface area contributed by atoms with Crippen molar-refractivity contribution in [1.29, 1.82) is 0 Å². The molecule has 0 bridgehead atoms. The minimum Gasteiger partial charge on any atom is -0.394 e. The van der Waals surface area contributed by atoms with Gasteiger partial charge in [-0.05, 0) is 77.0 Å². The Balaban J connectivity index is 2.36. The summed E-state index contributed by atoms with van der Waals surface area (Å²) in [6.07, 6.45) is 49.5. The average molecular weight is 858 g/mol. The van der Waals surface area contributed by atoms with Crippen molar-refractivity contribution in [2.45, 2.75) is 236 Å². The fraction of sp³-hybridized carbons (Fsp3) is 0.750. The number of aliphatic hydroxyl groups excluding tert-OH is 5. The first-order valence-electron chi connectivity index (χ1n) is 24.7. The number of carbonyl (C=O) groups excluding carboxylic acids is 1. The summed E-state index contributed by atoms with van der Waals surface area (Å²) in [7, 11) is 0. The van der Waals surface area contributed by atoms with Crippen molar-refractivity contribution < 1.29 is 39.8 Å². The lowest BCUT2D eigenvalue weighted by Gasteiger charge is -2.40. The summed E-state index contributed by atoms with van der Waals surface area (Å²) in [5.41, 5.74) is 0. The van der Waals surface area contributed by atoms with E-state index in [9.17, 15) is 30.3 Å². The second-order valence-corrected chi connectivity index (χ2v) is 16.9. The largest absolute Gasteiger partial charge is 0.394 e. The molecule has 1 aliphatic heterocycles. The quantitative estimate of drug-likeness (QED) is 0.0264. The molecule has 1 saturated heterocycles. The summed E-state index contributed by atoms with van der Waals surface area (Å²) in [5, 5.41) is 54.2. The van der Waals surface area contributed by atoms with E-state index < -0.39 is 49.5 Å². The van der Waals surface area contributed by atoms with Gasteiger partial charge in [-0.25, -0.2) is 0 Å². The van der Waals surface area contributed by atoms with Gasteiger partial charge in [0.2, 0.25) is 5.91 Å². The molecule has 0 aromatic rings. The van der Waals surface area contributed by atoms with Gasteiger partial charge < -0.3 is 40.3 Å². The summed E-state index contributed by atoms with van der Waals surface area (Å²) in [6, 6.07) is -0.840. The molecule has 0 saturated carbocycles. The Hall–Kier alpha value is -2.37. The van der Waals surface area contributed by atoms with E-state index >= 15 is 0 Å². The molecule has 7 atom stereocenters. The first-order chi connectivity index (χ1) is 29.8. The van der Waals surface area contributed by atoms with Crippen LogP contribution in [0.2, 0.25) is 0 Å². The number of nitrogens with one attached hydrogen (secondary N) is 1. The predicted octanol–water partition coefficient (Wildman–Crippen LogP) is 10.9. The Morgan fingerprint density at radius 2 is 1.03 bits per heavy atom. The number of ether oxygens (including phenoxy) is 2. The van der Waals surface area contributed by atoms with Crippen molar-refractivity contribution in [3.05, 3.63) is 72.9 Å². The third-order valence-corrected chi connectivity index (χ3v) is 11.2. The van der Waals surface area contributed by atoms with Crippen molar-refractivity contribution in [2.24, 2.45) is 0 Å². The highest BCUT2D eigenvalue weighted by Crippen LogP contribution is 2.22. The molecule has 0 aromatic carbocycles. The summed E-state index contributed by atoms with van der Waals surface area (Å²) in [4.78, 5) is 13.0. The molecule has 9 nitrogen and oxygen atoms in total. The number of carbonyl (C=O) groups is 1. The van der Waals surface area contributed by atoms with Gasteiger partial charge in [0.05, 0.1) is 25.4 Å². The number of amides is 1. The van der Waals surface area contributed by atoms with Crippen molar-refractivity contribution >= 4 is 5.91 Å². The average Bonchev–Trinajstić information content (AvgIpc) is 3.26. The molecule has 1 aliphatic rings. The van der Waals surface area contributed by atoms with Crippen LogP contribution in [0, 0.1) is 0 Å². The van der Waals surface area contributed by atoms with Crippen LogP contribution >= 0.6 is 0 Å². The summed E-state index contributed by atoms with van der Waals surface area (Å²) in [6.45, 7) is 3.62. The maximum Gasteiger partial charge on any atom is 0.220 e. The Labute approximate surface area is 372 Å². The monoisotopic (exact) mass is 858 g/mol. The van der Waals surface area contributed by atoms with Gasteiger partial charge in [-0.2, -0.15) is 0 Å². The van der Waals surface area contributed by atoms with E-state index in [0.717, 1.165) is 83.5 Å². The van der Waals surface area contributed by atoms with Gasteiger partial charge in [-0.1, -0.05) is 183 Å². The SMILES string of the molecule is CC/C=C\C/C=C\C/C=C\CCCCCCCC(=O)NC(COC1OC(CO)C(O)C(O)C1O)C(O)/C=C/CC/C=C/CC/C=C/CCCCCCCCCCCCCCC. The lowest BCUT2D eigenvalue weighted by Crippen LogP contribution is -2.60. The molecule has 61 heavy (non-hydrogen) atoms. The van der Waals surface area contributed by atoms with Crippen LogP contribution in [0.25, 0.3) is 0 Å². The maximum atomic E-state index is 13.0. The highest BCUT2D eigenvalue weighted by Gasteiger charge is 2.44. The zero-order valence-corrected chi connectivity index (χ0v) is 38.6. The molecule has 0 aliphatic carbocycles. The van der Waals surface area contributed by atoms with Gasteiger partial charge >= 0.3 is 0 Å². The van der Waals surface area contributed by atoms with Crippen LogP contribution in [0.4, 0.5) is 0 Å². The normalized spacial score (nSPS) is 21.1. The fourth-order valence-electron chi connectivity index (χ4n) is 7.32. The van der Waals surface area contributed by atoms with Crippen LogP contribution in [0.5, 0.6) is 0 Å². The van der Waals surface area contributed by atoms with Crippen LogP contribution in [0.15, 0.2) is 72.9 Å². The molecular formula is C52H91NO8. The van der Waals surface area contributed by atoms with Gasteiger partial charge in [0.1, 0.15) is 24.4 Å². The lowest BCUT2D eigenvalue weighted by molar-refractivity contribution is -0.302. The van der Waals surface area contributed by atoms with E-state index in [-0.39, 0.29) is 12.5 Å². The number of aliphatic hydroxyl groups is 5. The van der Waals surface area contributed by atoms with Gasteiger partial charge in [-0.3, -0.25) is 4.79 Å². The van der Waals surface area contributed by atoms with Gasteiger partial charge in [0.25, 0.3) is 0 Å². The standard InChI is InChI=1S/C52H91NO8/c1-3-5-7-9-11-13-15-17-19-20-21-22-23-24-25-26-28-29-31-33-35-37-39-41-46(55)45(44-60-52-51(59)50(58)49(57)47(43-54)61-52)53-48(56)42-40-38-36-34-32-30-27-18-16-14-12-10-8-6-4-2/h6,8,12,14,18,25-27,31,33,39,41,45-47,49-52,54-55,57-59H,3-5,7,9-11,13,15-17,19-24,28-30,32,34-38,40,42-44H2,1-2H3,(H,53,56)/b8-6-,14-12-,26-25+,27-18-,33-31+,41-39+. The molecule has 352 valence electrons. The second-order valence-electron chi connectivity index (χ2n) is 16.9. The molecule has 0 aromatic heterocycles. The molecule has 1 rings (SSSR count). The Morgan fingerprint density at radius 1 is 0.574 bits per heavy atom. The Kier molecular flexibility index (Phi) is 38.7. The number of hydrogen-bond acceptors (Lipinski definition) is 8. The molecule has 0 spiro atoms. The van der Waals surface area contributed by atoms with E-state index in [1.54, 1.807) is 6.08 Å². The van der Waals surface area contributed by atoms with Gasteiger partial charge in [0, 0.05) is 6.42 Å². The smallest absolute Gasteiger partial charge is 0.220 e. The first-order valence-corrected chi connectivity index (χ1v) is 24.7. The summed E-state index contributed by atoms with van der Waals surface area (Å²) in [5.74, 6) is -0.211. The number of unbranched alkanes of at least 4 members (excludes halogenated alkanes) is 20. The van der Waals surface area contributed by atoms with E-state index in [4.69, 9.17) is 9.47 Å². The third-order valence-electron chi connectivity index (χ3n) is 11.2. The lowest BCUT2D eigenvalue weighted by atomic mass is 9.99. The van der Waals surface area contributed by atoms with Crippen LogP contribution in [0.1, 0.15) is 194 Å². The minimum atomic E-state index is -1.58. The van der Waals surface area contributed by atoms with E-state index in [1.807, 2.05) is 6.08 Å². The zero-order chi connectivity index (χ0) is 44.4. The number of allylic oxidation sites excluding steroid dienone is 11. The molecule has 9 heteroatoms. The predicted molar refractivity (Wildman–Crippen MR) is 253 cm³/mol. The fourth-order valence-corrected chi connectivity index (χ4v) is 7.32. The molecule has 1 amide bonds. The molecule has 7 unspecified atom stereocenters. The molecule has 0 radical (unpaired) electrons. The highest BCUT2D eigenvalue weighted by molar-refractivity contribution is 5.76. The Bertz CT molecular complexity index is 1180. The van der Waals surface area contributed by atoms with Crippen LogP contribution in [-0.2, 0) is 14.3 Å². The van der Waals surface area contributed by atoms with Crippen molar-refractivity contribution in [3.8, 4) is 0 Å². The second kappa shape index (κ2) is 41.6. The summed E-state index contributed by atoms with van der Waals surface area (Å²) >= 11 is 0. The maximum absolute atomic E-state index is 13.0. The summed E-state index contributed by atoms with van der Waals surface area (Å²) < 4.78 is 11.2. The van der Waals surface area contributed by atoms with E-state index in [2.05, 4.69) is 79.9 Å². The van der Waals surface area contributed by atoms with E-state index in [0.29, 0.717) is 6.42 Å². The number of hydrogen-bond donors (Lipinski definition) is 6. The number of rotatable bonds is 40. The Morgan fingerprint density at radius 3 is 1.57 bits per heavy atom. The van der Waals surface area contributed by atoms with Gasteiger partial charge in [0.15, 0.2) is 6.29 Å². The molecular weight excluding hydrogens is 767 g/mol. The molecule has 1 heterocycles. The van der Waals surface area contributed by atoms with Crippen LogP contribution < -0.4 is 5.32 Å². The highest BCUT2D eigenvalue weighted by atomic mass is 16.7. The molecule has 6 N–H and O–H groups in total. The first kappa shape index (κ1) is 56.6. The molecule has 1 fully saturated rings. The van der Waals surface area contributed by atoms with Crippen LogP contribution in [-0.4, -0.2) is 87.5 Å². The van der Waals surface area contributed by atoms with Crippen molar-refractivity contribution in [1.82, 2.24) is 5.32 Å². The van der Waals surface area contributed by atoms with Crippen LogP contribution in [0.3, 0.4) is 0 Å². The minimum absolute atomic E-state index is 0.211. The van der Waals surface area contributed by atoms with Crippen molar-refractivity contribution in [3.63, 3.8) is 0 Å². The van der Waals surface area contributed by atoms with E-state index in [1.165, 1.54) is 89.9 Å². The van der Waals surface area contributed by atoms with Crippen molar-refractivity contribution in [2.75, 3.05) is 13.2 Å².